The molecule has 0 radical (unpaired) electrons. The van der Waals surface area contributed by atoms with Crippen molar-refractivity contribution >= 4 is 39.0 Å². The molecule has 7 nitrogen and oxygen atoms in total. The van der Waals surface area contributed by atoms with E-state index in [0.717, 1.165) is 52.5 Å². The van der Waals surface area contributed by atoms with Gasteiger partial charge in [0.05, 0.1) is 33.2 Å². The van der Waals surface area contributed by atoms with Crippen LogP contribution in [0.2, 0.25) is 0 Å². The van der Waals surface area contributed by atoms with Crippen LogP contribution >= 0.6 is 11.3 Å². The van der Waals surface area contributed by atoms with Gasteiger partial charge in [0.15, 0.2) is 5.82 Å². The molecule has 0 atom stereocenters. The summed E-state index contributed by atoms with van der Waals surface area (Å²) in [5.41, 5.74) is 4.66. The second-order valence-corrected chi connectivity index (χ2v) is 10.8. The van der Waals surface area contributed by atoms with Crippen LogP contribution in [0.15, 0.2) is 36.8 Å². The second kappa shape index (κ2) is 9.71. The van der Waals surface area contributed by atoms with Crippen LogP contribution in [0.4, 0.5) is 21.8 Å². The van der Waals surface area contributed by atoms with Crippen molar-refractivity contribution in [1.82, 2.24) is 24.8 Å². The summed E-state index contributed by atoms with van der Waals surface area (Å²) >= 11 is 1.59. The van der Waals surface area contributed by atoms with Crippen molar-refractivity contribution in [2.45, 2.75) is 38.5 Å². The largest absolute Gasteiger partial charge is 0.368 e. The van der Waals surface area contributed by atoms with Gasteiger partial charge in [0.25, 0.3) is 0 Å². The van der Waals surface area contributed by atoms with E-state index in [0.29, 0.717) is 23.4 Å². The third-order valence-electron chi connectivity index (χ3n) is 7.45. The van der Waals surface area contributed by atoms with E-state index in [1.54, 1.807) is 11.3 Å². The second-order valence-electron chi connectivity index (χ2n) is 9.82. The van der Waals surface area contributed by atoms with Gasteiger partial charge in [-0.3, -0.25) is 4.98 Å². The summed E-state index contributed by atoms with van der Waals surface area (Å²) in [5.74, 6) is 1.08. The molecule has 5 heterocycles. The summed E-state index contributed by atoms with van der Waals surface area (Å²) in [4.78, 5) is 23.4. The van der Waals surface area contributed by atoms with Crippen molar-refractivity contribution in [3.63, 3.8) is 0 Å². The molecule has 9 heteroatoms. The van der Waals surface area contributed by atoms with E-state index in [4.69, 9.17) is 0 Å². The van der Waals surface area contributed by atoms with Gasteiger partial charge in [0, 0.05) is 32.4 Å². The van der Waals surface area contributed by atoms with E-state index < -0.39 is 5.82 Å². The summed E-state index contributed by atoms with van der Waals surface area (Å²) in [6, 6.07) is 6.11. The van der Waals surface area contributed by atoms with Crippen molar-refractivity contribution in [3.05, 3.63) is 53.7 Å². The van der Waals surface area contributed by atoms with Gasteiger partial charge in [-0.2, -0.15) is 0 Å². The average Bonchev–Trinajstić information content (AvgIpc) is 3.55. The molecule has 2 fully saturated rings. The molecule has 1 N–H and O–H groups in total. The molecule has 6 rings (SSSR count). The molecule has 4 aromatic heterocycles. The first-order valence-electron chi connectivity index (χ1n) is 12.6. The molecule has 0 bridgehead atoms. The number of aryl methyl sites for hydroxylation is 1. The number of nitrogens with zero attached hydrogens (tertiary/aromatic N) is 6. The van der Waals surface area contributed by atoms with E-state index in [9.17, 15) is 4.39 Å². The Hall–Kier alpha value is -3.17. The molecule has 4 aromatic rings. The predicted molar refractivity (Wildman–Crippen MR) is 144 cm³/mol. The van der Waals surface area contributed by atoms with Gasteiger partial charge >= 0.3 is 0 Å². The first-order valence-corrected chi connectivity index (χ1v) is 13.5. The number of rotatable bonds is 5. The molecule has 36 heavy (non-hydrogen) atoms. The number of piperazine rings is 1. The van der Waals surface area contributed by atoms with Crippen LogP contribution in [0.3, 0.4) is 0 Å². The van der Waals surface area contributed by atoms with Crippen LogP contribution in [-0.4, -0.2) is 58.1 Å². The van der Waals surface area contributed by atoms with Gasteiger partial charge in [-0.15, -0.1) is 11.3 Å². The normalized spacial score (nSPS) is 17.2. The summed E-state index contributed by atoms with van der Waals surface area (Å²) in [6.45, 7) is 6.07. The molecule has 0 aromatic carbocycles. The van der Waals surface area contributed by atoms with Crippen LogP contribution in [0.5, 0.6) is 0 Å². The number of hydrogen-bond donors (Lipinski definition) is 1. The third kappa shape index (κ3) is 4.41. The maximum absolute atomic E-state index is 15.0. The highest BCUT2D eigenvalue weighted by Crippen LogP contribution is 2.44. The first kappa shape index (κ1) is 23.2. The highest BCUT2D eigenvalue weighted by Gasteiger charge is 2.24. The Kier molecular flexibility index (Phi) is 6.27. The van der Waals surface area contributed by atoms with Gasteiger partial charge in [0.2, 0.25) is 5.95 Å². The van der Waals surface area contributed by atoms with Gasteiger partial charge < -0.3 is 15.1 Å². The number of thiophene rings is 1. The fourth-order valence-electron chi connectivity index (χ4n) is 5.32. The Balaban J connectivity index is 1.27. The van der Waals surface area contributed by atoms with Crippen molar-refractivity contribution in [1.29, 1.82) is 0 Å². The number of pyridine rings is 2. The standard InChI is InChI=1S/C27H30FN7S/c1-17-23-26(20(9-10-29-23)18-5-3-4-6-18)36-25(17)24-21(28)16-31-27(33-24)32-22-8-7-19(15-30-22)35-13-11-34(2)12-14-35/h7-10,15-16,18H,3-6,11-14H2,1-2H3,(H,30,31,32,33). The lowest BCUT2D eigenvalue weighted by atomic mass is 9.98. The van der Waals surface area contributed by atoms with Crippen LogP contribution < -0.4 is 10.2 Å². The van der Waals surface area contributed by atoms with E-state index in [1.165, 1.54) is 37.4 Å². The number of aromatic nitrogens is 4. The number of nitrogens with one attached hydrogen (secondary N) is 1. The Morgan fingerprint density at radius 3 is 2.56 bits per heavy atom. The van der Waals surface area contributed by atoms with E-state index >= 15 is 0 Å². The smallest absolute Gasteiger partial charge is 0.229 e. The molecular weight excluding hydrogens is 473 g/mol. The zero-order valence-corrected chi connectivity index (χ0v) is 21.5. The number of anilines is 3. The van der Waals surface area contributed by atoms with Gasteiger partial charge in [-0.05, 0) is 62.1 Å². The topological polar surface area (TPSA) is 70.1 Å². The maximum atomic E-state index is 15.0. The average molecular weight is 504 g/mol. The highest BCUT2D eigenvalue weighted by molar-refractivity contribution is 7.22. The number of likely N-dealkylation sites (N-methyl/N-ethyl adjacent to an activating group) is 1. The summed E-state index contributed by atoms with van der Waals surface area (Å²) < 4.78 is 16.2. The van der Waals surface area contributed by atoms with Crippen LogP contribution in [0.25, 0.3) is 20.8 Å². The van der Waals surface area contributed by atoms with Crippen molar-refractivity contribution < 1.29 is 4.39 Å². The Morgan fingerprint density at radius 2 is 1.81 bits per heavy atom. The SMILES string of the molecule is Cc1c(-c2nc(Nc3ccc(N4CCN(C)CC4)cn3)ncc2F)sc2c(C3CCCC3)ccnc12. The molecule has 0 amide bonds. The van der Waals surface area contributed by atoms with Gasteiger partial charge in [-0.25, -0.2) is 19.3 Å². The molecule has 1 aliphatic heterocycles. The third-order valence-corrected chi connectivity index (χ3v) is 8.78. The molecule has 186 valence electrons. The quantitative estimate of drug-likeness (QED) is 0.372. The molecular formula is C27H30FN7S. The Labute approximate surface area is 214 Å². The highest BCUT2D eigenvalue weighted by atomic mass is 32.1. The molecule has 2 aliphatic rings. The zero-order valence-electron chi connectivity index (χ0n) is 20.7. The van der Waals surface area contributed by atoms with Crippen molar-refractivity contribution in [2.75, 3.05) is 43.4 Å². The minimum absolute atomic E-state index is 0.305. The van der Waals surface area contributed by atoms with Crippen molar-refractivity contribution in [3.8, 4) is 10.6 Å². The van der Waals surface area contributed by atoms with E-state index in [1.807, 2.05) is 25.4 Å². The number of hydrogen-bond acceptors (Lipinski definition) is 8. The zero-order chi connectivity index (χ0) is 24.6. The van der Waals surface area contributed by atoms with Crippen molar-refractivity contribution in [2.24, 2.45) is 0 Å². The van der Waals surface area contributed by atoms with Gasteiger partial charge in [-0.1, -0.05) is 12.8 Å². The van der Waals surface area contributed by atoms with Gasteiger partial charge in [0.1, 0.15) is 11.5 Å². The summed E-state index contributed by atoms with van der Waals surface area (Å²) in [6.07, 6.45) is 9.95. The molecule has 1 aliphatic carbocycles. The molecule has 0 unspecified atom stereocenters. The molecule has 1 saturated carbocycles. The predicted octanol–water partition coefficient (Wildman–Crippen LogP) is 5.75. The molecule has 0 spiro atoms. The van der Waals surface area contributed by atoms with E-state index in [2.05, 4.69) is 54.2 Å². The lowest BCUT2D eigenvalue weighted by Crippen LogP contribution is -2.44. The monoisotopic (exact) mass is 503 g/mol. The minimum Gasteiger partial charge on any atom is -0.368 e. The summed E-state index contributed by atoms with van der Waals surface area (Å²) in [7, 11) is 2.14. The fraction of sp³-hybridized carbons (Fsp3) is 0.407. The summed E-state index contributed by atoms with van der Waals surface area (Å²) in [5, 5.41) is 3.15. The molecule has 1 saturated heterocycles. The minimum atomic E-state index is -0.434. The lowest BCUT2D eigenvalue weighted by Gasteiger charge is -2.33. The van der Waals surface area contributed by atoms with Crippen LogP contribution in [0, 0.1) is 12.7 Å². The lowest BCUT2D eigenvalue weighted by molar-refractivity contribution is 0.313. The fourth-order valence-corrected chi connectivity index (χ4v) is 6.67. The number of halogens is 1. The van der Waals surface area contributed by atoms with Crippen LogP contribution in [0.1, 0.15) is 42.7 Å². The van der Waals surface area contributed by atoms with Crippen LogP contribution in [-0.2, 0) is 0 Å². The first-order chi connectivity index (χ1) is 17.6. The Morgan fingerprint density at radius 1 is 1.00 bits per heavy atom. The van der Waals surface area contributed by atoms with E-state index in [-0.39, 0.29) is 0 Å². The Bertz CT molecular complexity index is 1370. The maximum Gasteiger partial charge on any atom is 0.229 e. The number of fused-ring (bicyclic) bond motifs is 1.